The zero-order chi connectivity index (χ0) is 16.4. The van der Waals surface area contributed by atoms with Crippen LogP contribution in [0.25, 0.3) is 11.3 Å². The van der Waals surface area contributed by atoms with Gasteiger partial charge in [0.25, 0.3) is 0 Å². The molecule has 0 saturated heterocycles. The maximum Gasteiger partial charge on any atom is 0.236 e. The maximum atomic E-state index is 5.80. The summed E-state index contributed by atoms with van der Waals surface area (Å²) in [5.41, 5.74) is 5.22. The molecule has 0 N–H and O–H groups in total. The molecule has 4 rings (SSSR count). The SMILES string of the molecule is Cc1ccc(-c2cccc(C3=N[C@H](c4ccccc4)CO3)n2)cc1. The Bertz CT molecular complexity index is 870. The molecule has 1 aliphatic rings. The van der Waals surface area contributed by atoms with Crippen molar-refractivity contribution in [1.82, 2.24) is 4.98 Å². The van der Waals surface area contributed by atoms with Gasteiger partial charge >= 0.3 is 0 Å². The lowest BCUT2D eigenvalue weighted by Crippen LogP contribution is -2.04. The average Bonchev–Trinajstić information content (AvgIpc) is 3.13. The molecule has 3 aromatic rings. The predicted octanol–water partition coefficient (Wildman–Crippen LogP) is 4.58. The largest absolute Gasteiger partial charge is 0.474 e. The van der Waals surface area contributed by atoms with Gasteiger partial charge in [-0.05, 0) is 24.6 Å². The van der Waals surface area contributed by atoms with Crippen LogP contribution in [0, 0.1) is 6.92 Å². The summed E-state index contributed by atoms with van der Waals surface area (Å²) in [7, 11) is 0. The van der Waals surface area contributed by atoms with E-state index in [1.807, 2.05) is 36.4 Å². The topological polar surface area (TPSA) is 34.5 Å². The summed E-state index contributed by atoms with van der Waals surface area (Å²) in [6.45, 7) is 2.65. The molecule has 1 atom stereocenters. The molecule has 118 valence electrons. The molecule has 2 aromatic carbocycles. The van der Waals surface area contributed by atoms with Crippen LogP contribution in [0.3, 0.4) is 0 Å². The first-order chi connectivity index (χ1) is 11.8. The lowest BCUT2D eigenvalue weighted by Gasteiger charge is -2.05. The third-order valence-corrected chi connectivity index (χ3v) is 4.15. The number of ether oxygens (including phenoxy) is 1. The first-order valence-electron chi connectivity index (χ1n) is 8.09. The van der Waals surface area contributed by atoms with E-state index in [4.69, 9.17) is 14.7 Å². The second kappa shape index (κ2) is 6.28. The fourth-order valence-corrected chi connectivity index (χ4v) is 2.80. The Labute approximate surface area is 141 Å². The van der Waals surface area contributed by atoms with Gasteiger partial charge in [-0.1, -0.05) is 66.2 Å². The van der Waals surface area contributed by atoms with Gasteiger partial charge in [0.15, 0.2) is 0 Å². The fraction of sp³-hybridized carbons (Fsp3) is 0.143. The molecule has 3 heteroatoms. The van der Waals surface area contributed by atoms with E-state index in [1.54, 1.807) is 0 Å². The molecule has 0 spiro atoms. The van der Waals surface area contributed by atoms with E-state index in [-0.39, 0.29) is 6.04 Å². The van der Waals surface area contributed by atoms with Crippen LogP contribution >= 0.6 is 0 Å². The Morgan fingerprint density at radius 1 is 0.833 bits per heavy atom. The highest BCUT2D eigenvalue weighted by Crippen LogP contribution is 2.25. The Kier molecular flexibility index (Phi) is 3.83. The van der Waals surface area contributed by atoms with Crippen LogP contribution in [0.2, 0.25) is 0 Å². The lowest BCUT2D eigenvalue weighted by atomic mass is 10.1. The van der Waals surface area contributed by atoms with Crippen molar-refractivity contribution >= 4 is 5.90 Å². The second-order valence-electron chi connectivity index (χ2n) is 5.95. The minimum Gasteiger partial charge on any atom is -0.474 e. The van der Waals surface area contributed by atoms with Gasteiger partial charge in [-0.25, -0.2) is 9.98 Å². The monoisotopic (exact) mass is 314 g/mol. The molecular formula is C21H18N2O. The third kappa shape index (κ3) is 2.93. The van der Waals surface area contributed by atoms with E-state index < -0.39 is 0 Å². The minimum absolute atomic E-state index is 0.0473. The third-order valence-electron chi connectivity index (χ3n) is 4.15. The number of nitrogens with zero attached hydrogens (tertiary/aromatic N) is 2. The highest BCUT2D eigenvalue weighted by molar-refractivity contribution is 5.93. The molecule has 0 fully saturated rings. The van der Waals surface area contributed by atoms with E-state index >= 15 is 0 Å². The number of pyridine rings is 1. The Morgan fingerprint density at radius 3 is 2.38 bits per heavy atom. The number of rotatable bonds is 3. The zero-order valence-corrected chi connectivity index (χ0v) is 13.5. The molecule has 2 heterocycles. The first kappa shape index (κ1) is 14.6. The Balaban J connectivity index is 1.63. The van der Waals surface area contributed by atoms with Gasteiger partial charge in [0.2, 0.25) is 5.90 Å². The number of hydrogen-bond donors (Lipinski definition) is 0. The van der Waals surface area contributed by atoms with Crippen molar-refractivity contribution in [1.29, 1.82) is 0 Å². The summed E-state index contributed by atoms with van der Waals surface area (Å²) in [4.78, 5) is 9.44. The van der Waals surface area contributed by atoms with Crippen LogP contribution in [0.1, 0.15) is 22.9 Å². The van der Waals surface area contributed by atoms with Gasteiger partial charge in [0.05, 0.1) is 5.69 Å². The van der Waals surface area contributed by atoms with Crippen LogP contribution in [0.5, 0.6) is 0 Å². The standard InChI is InChI=1S/C21H18N2O/c1-15-10-12-17(13-11-15)18-8-5-9-19(22-18)21-23-20(14-24-21)16-6-3-2-4-7-16/h2-13,20H,14H2,1H3/t20-/m0/s1. The molecule has 0 bridgehead atoms. The quantitative estimate of drug-likeness (QED) is 0.709. The predicted molar refractivity (Wildman–Crippen MR) is 96.1 cm³/mol. The van der Waals surface area contributed by atoms with Gasteiger partial charge < -0.3 is 4.74 Å². The number of aromatic nitrogens is 1. The smallest absolute Gasteiger partial charge is 0.236 e. The minimum atomic E-state index is 0.0473. The Hall–Kier alpha value is -2.94. The molecule has 1 aromatic heterocycles. The van der Waals surface area contributed by atoms with Crippen LogP contribution in [-0.2, 0) is 4.74 Å². The van der Waals surface area contributed by atoms with Crippen molar-refractivity contribution < 1.29 is 4.74 Å². The van der Waals surface area contributed by atoms with Crippen molar-refractivity contribution in [3.63, 3.8) is 0 Å². The van der Waals surface area contributed by atoms with E-state index in [1.165, 1.54) is 11.1 Å². The second-order valence-corrected chi connectivity index (χ2v) is 5.95. The summed E-state index contributed by atoms with van der Waals surface area (Å²) in [5, 5.41) is 0. The Morgan fingerprint density at radius 2 is 1.58 bits per heavy atom. The summed E-state index contributed by atoms with van der Waals surface area (Å²) in [6, 6.07) is 24.6. The fourth-order valence-electron chi connectivity index (χ4n) is 2.80. The first-order valence-corrected chi connectivity index (χ1v) is 8.09. The molecule has 0 unspecified atom stereocenters. The van der Waals surface area contributed by atoms with Gasteiger partial charge in [0.1, 0.15) is 18.3 Å². The van der Waals surface area contributed by atoms with Crippen LogP contribution in [0.15, 0.2) is 77.8 Å². The van der Waals surface area contributed by atoms with Gasteiger partial charge in [-0.3, -0.25) is 0 Å². The summed E-state index contributed by atoms with van der Waals surface area (Å²) < 4.78 is 5.80. The lowest BCUT2D eigenvalue weighted by molar-refractivity contribution is 0.319. The van der Waals surface area contributed by atoms with E-state index in [2.05, 4.69) is 43.3 Å². The number of aryl methyl sites for hydroxylation is 1. The van der Waals surface area contributed by atoms with Crippen molar-refractivity contribution in [2.45, 2.75) is 13.0 Å². The normalized spacial score (nSPS) is 16.5. The molecule has 0 amide bonds. The van der Waals surface area contributed by atoms with E-state index in [0.717, 1.165) is 17.0 Å². The molecule has 24 heavy (non-hydrogen) atoms. The van der Waals surface area contributed by atoms with Gasteiger partial charge in [0, 0.05) is 5.56 Å². The zero-order valence-electron chi connectivity index (χ0n) is 13.5. The number of hydrogen-bond acceptors (Lipinski definition) is 3. The van der Waals surface area contributed by atoms with Crippen molar-refractivity contribution in [2.75, 3.05) is 6.61 Å². The number of benzene rings is 2. The van der Waals surface area contributed by atoms with Crippen molar-refractivity contribution in [2.24, 2.45) is 4.99 Å². The van der Waals surface area contributed by atoms with E-state index in [0.29, 0.717) is 12.5 Å². The molecule has 1 aliphatic heterocycles. The van der Waals surface area contributed by atoms with Crippen LogP contribution in [-0.4, -0.2) is 17.5 Å². The van der Waals surface area contributed by atoms with Crippen LogP contribution < -0.4 is 0 Å². The summed E-state index contributed by atoms with van der Waals surface area (Å²) >= 11 is 0. The molecule has 0 radical (unpaired) electrons. The highest BCUT2D eigenvalue weighted by atomic mass is 16.5. The molecule has 0 aliphatic carbocycles. The van der Waals surface area contributed by atoms with E-state index in [9.17, 15) is 0 Å². The van der Waals surface area contributed by atoms with Crippen LogP contribution in [0.4, 0.5) is 0 Å². The van der Waals surface area contributed by atoms with Crippen molar-refractivity contribution in [3.8, 4) is 11.3 Å². The van der Waals surface area contributed by atoms with Crippen molar-refractivity contribution in [3.05, 3.63) is 89.6 Å². The highest BCUT2D eigenvalue weighted by Gasteiger charge is 2.22. The molecular weight excluding hydrogens is 296 g/mol. The summed E-state index contributed by atoms with van der Waals surface area (Å²) in [6.07, 6.45) is 0. The number of aliphatic imine (C=N–C) groups is 1. The summed E-state index contributed by atoms with van der Waals surface area (Å²) in [5.74, 6) is 0.623. The maximum absolute atomic E-state index is 5.80. The van der Waals surface area contributed by atoms with Gasteiger partial charge in [-0.2, -0.15) is 0 Å². The molecule has 0 saturated carbocycles. The van der Waals surface area contributed by atoms with Gasteiger partial charge in [-0.15, -0.1) is 0 Å². The molecule has 3 nitrogen and oxygen atoms in total. The average molecular weight is 314 g/mol.